The zero-order valence-corrected chi connectivity index (χ0v) is 13.7. The van der Waals surface area contributed by atoms with Crippen LogP contribution in [0.3, 0.4) is 0 Å². The summed E-state index contributed by atoms with van der Waals surface area (Å²) >= 11 is 0. The quantitative estimate of drug-likeness (QED) is 0.722. The van der Waals surface area contributed by atoms with Gasteiger partial charge in [0.05, 0.1) is 6.54 Å². The second kappa shape index (κ2) is 7.40. The van der Waals surface area contributed by atoms with Gasteiger partial charge in [0.1, 0.15) is 0 Å². The number of amides is 1. The van der Waals surface area contributed by atoms with Crippen LogP contribution < -0.4 is 10.6 Å². The number of carbonyl (C=O) groups excluding carboxylic acids is 1. The summed E-state index contributed by atoms with van der Waals surface area (Å²) in [7, 11) is 0. The molecule has 0 aliphatic rings. The van der Waals surface area contributed by atoms with Crippen LogP contribution in [0.15, 0.2) is 60.7 Å². The molecular weight excluding hydrogens is 322 g/mol. The molecule has 0 spiro atoms. The van der Waals surface area contributed by atoms with Crippen molar-refractivity contribution >= 4 is 22.4 Å². The molecule has 0 aliphatic carbocycles. The molecular formula is C20H18F2N2O. The van der Waals surface area contributed by atoms with Gasteiger partial charge in [0.2, 0.25) is 5.91 Å². The largest absolute Gasteiger partial charge is 0.325 e. The number of benzene rings is 3. The van der Waals surface area contributed by atoms with Gasteiger partial charge < -0.3 is 10.6 Å². The topological polar surface area (TPSA) is 41.1 Å². The van der Waals surface area contributed by atoms with E-state index in [-0.39, 0.29) is 24.2 Å². The molecule has 0 saturated heterocycles. The summed E-state index contributed by atoms with van der Waals surface area (Å²) in [5.41, 5.74) is 1.32. The van der Waals surface area contributed by atoms with Crippen molar-refractivity contribution in [1.82, 2.24) is 5.32 Å². The lowest BCUT2D eigenvalue weighted by Gasteiger charge is -2.16. The van der Waals surface area contributed by atoms with Crippen molar-refractivity contribution in [3.05, 3.63) is 77.9 Å². The Balaban J connectivity index is 1.64. The molecule has 128 valence electrons. The monoisotopic (exact) mass is 340 g/mol. The first-order valence-electron chi connectivity index (χ1n) is 8.00. The summed E-state index contributed by atoms with van der Waals surface area (Å²) in [5.74, 6) is -2.26. The van der Waals surface area contributed by atoms with Crippen molar-refractivity contribution in [1.29, 1.82) is 0 Å². The van der Waals surface area contributed by atoms with E-state index in [1.54, 1.807) is 0 Å². The predicted octanol–water partition coefficient (Wildman–Crippen LogP) is 4.41. The number of anilines is 1. The van der Waals surface area contributed by atoms with E-state index in [9.17, 15) is 13.6 Å². The summed E-state index contributed by atoms with van der Waals surface area (Å²) in [6, 6.07) is 17.3. The average Bonchev–Trinajstić information content (AvgIpc) is 2.62. The van der Waals surface area contributed by atoms with Crippen molar-refractivity contribution in [2.45, 2.75) is 13.0 Å². The molecule has 0 radical (unpaired) electrons. The third kappa shape index (κ3) is 4.00. The number of halogens is 2. The van der Waals surface area contributed by atoms with Gasteiger partial charge in [-0.15, -0.1) is 0 Å². The van der Waals surface area contributed by atoms with E-state index in [4.69, 9.17) is 0 Å². The Morgan fingerprint density at radius 3 is 2.56 bits per heavy atom. The predicted molar refractivity (Wildman–Crippen MR) is 95.4 cm³/mol. The molecule has 3 aromatic rings. The maximum absolute atomic E-state index is 13.2. The summed E-state index contributed by atoms with van der Waals surface area (Å²) in [5, 5.41) is 7.97. The van der Waals surface area contributed by atoms with E-state index in [0.29, 0.717) is 0 Å². The van der Waals surface area contributed by atoms with Crippen LogP contribution in [0.1, 0.15) is 18.5 Å². The van der Waals surface area contributed by atoms with Gasteiger partial charge in [-0.1, -0.05) is 42.5 Å². The van der Waals surface area contributed by atoms with Crippen LogP contribution in [0, 0.1) is 11.6 Å². The van der Waals surface area contributed by atoms with Crippen LogP contribution in [0.5, 0.6) is 0 Å². The average molecular weight is 340 g/mol. The standard InChI is InChI=1S/C20H18F2N2O/c1-13(16-8-4-6-14-5-2-3-7-17(14)16)23-12-20(25)24-15-9-10-18(21)19(22)11-15/h2-11,13,23H,12H2,1H3,(H,24,25)/t13-/m0/s1. The molecule has 0 bridgehead atoms. The molecule has 2 N–H and O–H groups in total. The molecule has 1 atom stereocenters. The number of hydrogen-bond acceptors (Lipinski definition) is 2. The number of carbonyl (C=O) groups is 1. The lowest BCUT2D eigenvalue weighted by Crippen LogP contribution is -2.30. The minimum atomic E-state index is -0.991. The van der Waals surface area contributed by atoms with Crippen molar-refractivity contribution in [3.8, 4) is 0 Å². The Labute approximate surface area is 144 Å². The fraction of sp³-hybridized carbons (Fsp3) is 0.150. The lowest BCUT2D eigenvalue weighted by atomic mass is 10.00. The van der Waals surface area contributed by atoms with Crippen LogP contribution >= 0.6 is 0 Å². The van der Waals surface area contributed by atoms with Gasteiger partial charge in [-0.05, 0) is 35.4 Å². The molecule has 3 rings (SSSR count). The molecule has 0 fully saturated rings. The zero-order chi connectivity index (χ0) is 17.8. The summed E-state index contributed by atoms with van der Waals surface area (Å²) in [6.45, 7) is 2.04. The van der Waals surface area contributed by atoms with Crippen molar-refractivity contribution < 1.29 is 13.6 Å². The molecule has 3 nitrogen and oxygen atoms in total. The fourth-order valence-electron chi connectivity index (χ4n) is 2.76. The van der Waals surface area contributed by atoms with Crippen LogP contribution in [-0.2, 0) is 4.79 Å². The Kier molecular flexibility index (Phi) is 5.05. The molecule has 0 aliphatic heterocycles. The molecule has 5 heteroatoms. The van der Waals surface area contributed by atoms with Gasteiger partial charge in [-0.25, -0.2) is 8.78 Å². The van der Waals surface area contributed by atoms with Crippen LogP contribution in [-0.4, -0.2) is 12.5 Å². The number of hydrogen-bond donors (Lipinski definition) is 2. The first-order chi connectivity index (χ1) is 12.0. The van der Waals surface area contributed by atoms with Crippen molar-refractivity contribution in [2.75, 3.05) is 11.9 Å². The number of fused-ring (bicyclic) bond motifs is 1. The molecule has 25 heavy (non-hydrogen) atoms. The van der Waals surface area contributed by atoms with E-state index < -0.39 is 11.6 Å². The van der Waals surface area contributed by atoms with Gasteiger partial charge >= 0.3 is 0 Å². The number of nitrogens with one attached hydrogen (secondary N) is 2. The van der Waals surface area contributed by atoms with Crippen LogP contribution in [0.2, 0.25) is 0 Å². The Bertz CT molecular complexity index is 906. The Morgan fingerprint density at radius 1 is 1.00 bits per heavy atom. The second-order valence-corrected chi connectivity index (χ2v) is 5.85. The van der Waals surface area contributed by atoms with Crippen LogP contribution in [0.4, 0.5) is 14.5 Å². The Morgan fingerprint density at radius 2 is 1.76 bits per heavy atom. The first kappa shape index (κ1) is 17.0. The summed E-state index contributed by atoms with van der Waals surface area (Å²) < 4.78 is 26.1. The normalized spacial score (nSPS) is 12.1. The number of rotatable bonds is 5. The van der Waals surface area contributed by atoms with E-state index in [2.05, 4.69) is 10.6 Å². The second-order valence-electron chi connectivity index (χ2n) is 5.85. The van der Waals surface area contributed by atoms with Gasteiger partial charge in [0.15, 0.2) is 11.6 Å². The summed E-state index contributed by atoms with van der Waals surface area (Å²) in [4.78, 5) is 12.0. The minimum Gasteiger partial charge on any atom is -0.325 e. The lowest BCUT2D eigenvalue weighted by molar-refractivity contribution is -0.115. The molecule has 3 aromatic carbocycles. The van der Waals surface area contributed by atoms with Crippen molar-refractivity contribution in [2.24, 2.45) is 0 Å². The van der Waals surface area contributed by atoms with Gasteiger partial charge in [0, 0.05) is 17.8 Å². The minimum absolute atomic E-state index is 0.0400. The maximum atomic E-state index is 13.2. The molecule has 0 unspecified atom stereocenters. The van der Waals surface area contributed by atoms with Crippen LogP contribution in [0.25, 0.3) is 10.8 Å². The first-order valence-corrected chi connectivity index (χ1v) is 8.00. The highest BCUT2D eigenvalue weighted by molar-refractivity contribution is 5.92. The van der Waals surface area contributed by atoms with E-state index in [0.717, 1.165) is 28.5 Å². The third-order valence-corrected chi connectivity index (χ3v) is 4.06. The van der Waals surface area contributed by atoms with Gasteiger partial charge in [-0.3, -0.25) is 4.79 Å². The van der Waals surface area contributed by atoms with E-state index in [1.165, 1.54) is 6.07 Å². The fourth-order valence-corrected chi connectivity index (χ4v) is 2.76. The van der Waals surface area contributed by atoms with Crippen molar-refractivity contribution in [3.63, 3.8) is 0 Å². The maximum Gasteiger partial charge on any atom is 0.238 e. The van der Waals surface area contributed by atoms with Gasteiger partial charge in [0.25, 0.3) is 0 Å². The third-order valence-electron chi connectivity index (χ3n) is 4.06. The highest BCUT2D eigenvalue weighted by Gasteiger charge is 2.11. The van der Waals surface area contributed by atoms with E-state index in [1.807, 2.05) is 49.4 Å². The Hall–Kier alpha value is -2.79. The molecule has 0 aromatic heterocycles. The summed E-state index contributed by atoms with van der Waals surface area (Å²) in [6.07, 6.45) is 0. The highest BCUT2D eigenvalue weighted by atomic mass is 19.2. The zero-order valence-electron chi connectivity index (χ0n) is 13.7. The smallest absolute Gasteiger partial charge is 0.238 e. The molecule has 0 saturated carbocycles. The molecule has 1 amide bonds. The highest BCUT2D eigenvalue weighted by Crippen LogP contribution is 2.23. The SMILES string of the molecule is C[C@H](NCC(=O)Nc1ccc(F)c(F)c1)c1cccc2ccccc12. The van der Waals surface area contributed by atoms with Gasteiger partial charge in [-0.2, -0.15) is 0 Å². The molecule has 0 heterocycles. The van der Waals surface area contributed by atoms with E-state index >= 15 is 0 Å².